The Morgan fingerprint density at radius 1 is 1.31 bits per heavy atom. The van der Waals surface area contributed by atoms with Gasteiger partial charge in [0.05, 0.1) is 30.6 Å². The molecule has 0 radical (unpaired) electrons. The summed E-state index contributed by atoms with van der Waals surface area (Å²) in [5.41, 5.74) is 4.64. The summed E-state index contributed by atoms with van der Waals surface area (Å²) in [4.78, 5) is 16.4. The van der Waals surface area contributed by atoms with Crippen LogP contribution in [-0.2, 0) is 17.6 Å². The molecular formula is C23H27N3O2S. The van der Waals surface area contributed by atoms with Gasteiger partial charge in [-0.05, 0) is 49.4 Å². The van der Waals surface area contributed by atoms with Crippen molar-refractivity contribution >= 4 is 28.1 Å². The molecule has 6 heteroatoms. The second-order valence-corrected chi connectivity index (χ2v) is 7.03. The van der Waals surface area contributed by atoms with Crippen molar-refractivity contribution in [1.29, 1.82) is 0 Å². The molecular weight excluding hydrogens is 382 g/mol. The quantitative estimate of drug-likeness (QED) is 0.470. The Morgan fingerprint density at radius 3 is 2.83 bits per heavy atom. The van der Waals surface area contributed by atoms with Crippen LogP contribution in [0, 0.1) is 6.92 Å². The summed E-state index contributed by atoms with van der Waals surface area (Å²) in [6.07, 6.45) is -4.65. The second-order valence-electron chi connectivity index (χ2n) is 6.20. The number of aliphatic hydroxyl groups is 1. The number of carbonyl (C=O) groups is 1. The van der Waals surface area contributed by atoms with Gasteiger partial charge in [-0.2, -0.15) is 0 Å². The summed E-state index contributed by atoms with van der Waals surface area (Å²) < 4.78 is 89.8. The largest absolute Gasteiger partial charge is 0.388 e. The molecule has 0 aliphatic rings. The van der Waals surface area contributed by atoms with Crippen molar-refractivity contribution < 1.29 is 25.0 Å². The molecule has 2 aromatic carbocycles. The van der Waals surface area contributed by atoms with Crippen molar-refractivity contribution in [3.8, 4) is 0 Å². The minimum absolute atomic E-state index is 0.0255. The lowest BCUT2D eigenvalue weighted by atomic mass is 10.00. The third kappa shape index (κ3) is 6.69. The highest BCUT2D eigenvalue weighted by Crippen LogP contribution is 2.21. The maximum Gasteiger partial charge on any atom is 0.230 e. The van der Waals surface area contributed by atoms with Crippen LogP contribution in [0.25, 0.3) is 0 Å². The Hall–Kier alpha value is -2.70. The summed E-state index contributed by atoms with van der Waals surface area (Å²) in [7, 11) is 0. The third-order valence-corrected chi connectivity index (χ3v) is 4.43. The van der Waals surface area contributed by atoms with Gasteiger partial charge < -0.3 is 16.2 Å². The summed E-state index contributed by atoms with van der Waals surface area (Å²) in [5.74, 6) is -0.753. The molecule has 0 fully saturated rings. The molecule has 152 valence electrons. The smallest absolute Gasteiger partial charge is 0.230 e. The zero-order chi connectivity index (χ0) is 30.3. The number of nitrogens with two attached hydrogens (primary N) is 1. The van der Waals surface area contributed by atoms with E-state index < -0.39 is 65.9 Å². The Balaban J connectivity index is 1.80. The molecule has 1 aromatic heterocycles. The van der Waals surface area contributed by atoms with E-state index in [0.29, 0.717) is 0 Å². The van der Waals surface area contributed by atoms with Crippen molar-refractivity contribution in [3.63, 3.8) is 0 Å². The van der Waals surface area contributed by atoms with Gasteiger partial charge in [0.2, 0.25) is 5.91 Å². The monoisotopic (exact) mass is 420 g/mol. The van der Waals surface area contributed by atoms with Crippen molar-refractivity contribution in [2.24, 2.45) is 0 Å². The molecule has 3 aromatic rings. The first-order valence-electron chi connectivity index (χ1n) is 14.4. The molecule has 29 heavy (non-hydrogen) atoms. The van der Waals surface area contributed by atoms with E-state index in [1.807, 2.05) is 0 Å². The van der Waals surface area contributed by atoms with Crippen LogP contribution >= 0.6 is 11.3 Å². The Kier molecular flexibility index (Phi) is 3.83. The minimum Gasteiger partial charge on any atom is -0.388 e. The average Bonchev–Trinajstić information content (AvgIpc) is 3.18. The number of aromatic nitrogens is 1. The van der Waals surface area contributed by atoms with E-state index in [0.717, 1.165) is 11.3 Å². The number of benzene rings is 2. The molecule has 0 spiro atoms. The van der Waals surface area contributed by atoms with Gasteiger partial charge in [-0.3, -0.25) is 4.79 Å². The zero-order valence-electron chi connectivity index (χ0n) is 26.7. The van der Waals surface area contributed by atoms with E-state index in [1.165, 1.54) is 6.92 Å². The molecule has 0 saturated heterocycles. The predicted octanol–water partition coefficient (Wildman–Crippen LogP) is 4.66. The van der Waals surface area contributed by atoms with Crippen molar-refractivity contribution in [2.45, 2.75) is 45.1 Å². The van der Waals surface area contributed by atoms with Crippen LogP contribution in [0.15, 0.2) is 53.7 Å². The van der Waals surface area contributed by atoms with E-state index in [1.54, 1.807) is 0 Å². The summed E-state index contributed by atoms with van der Waals surface area (Å²) in [6.45, 7) is 1.44. The molecule has 0 aliphatic heterocycles. The Labute approximate surface area is 191 Å². The van der Waals surface area contributed by atoms with E-state index in [-0.39, 0.29) is 65.1 Å². The average molecular weight is 421 g/mol. The van der Waals surface area contributed by atoms with E-state index in [9.17, 15) is 9.90 Å². The maximum atomic E-state index is 12.5. The number of amides is 1. The summed E-state index contributed by atoms with van der Waals surface area (Å²) in [5, 5.41) is 13.0. The number of rotatable bonds is 9. The number of aliphatic hydroxyl groups excluding tert-OH is 1. The number of nitrogens with one attached hydrogen (secondary N) is 1. The first-order chi connectivity index (χ1) is 18.5. The normalized spacial score (nSPS) is 17.8. The fourth-order valence-corrected chi connectivity index (χ4v) is 2.94. The summed E-state index contributed by atoms with van der Waals surface area (Å²) in [6, 6.07) is -4.11. The first-order valence-corrected chi connectivity index (χ1v) is 9.68. The molecule has 3 rings (SSSR count). The molecule has 0 unspecified atom stereocenters. The highest BCUT2D eigenvalue weighted by molar-refractivity contribution is 7.13. The van der Waals surface area contributed by atoms with Crippen molar-refractivity contribution in [1.82, 2.24) is 4.98 Å². The Bertz CT molecular complexity index is 1420. The molecule has 0 aliphatic carbocycles. The van der Waals surface area contributed by atoms with Crippen LogP contribution in [0.4, 0.5) is 10.8 Å². The van der Waals surface area contributed by atoms with Crippen LogP contribution in [-0.4, -0.2) is 16.0 Å². The highest BCUT2D eigenvalue weighted by atomic mass is 32.1. The number of nitrogens with zero attached hydrogens (tertiary/aromatic N) is 1. The third-order valence-electron chi connectivity index (χ3n) is 3.79. The van der Waals surface area contributed by atoms with Gasteiger partial charge in [0.25, 0.3) is 0 Å². The number of carbonyl (C=O) groups excluding carboxylic acids is 1. The number of hydrogen-bond donors (Lipinski definition) is 3. The molecule has 1 atom stereocenters. The number of thiazole rings is 1. The maximum absolute atomic E-state index is 12.5. The van der Waals surface area contributed by atoms with E-state index in [2.05, 4.69) is 10.3 Å². The van der Waals surface area contributed by atoms with Crippen LogP contribution < -0.4 is 11.1 Å². The van der Waals surface area contributed by atoms with E-state index >= 15 is 0 Å². The van der Waals surface area contributed by atoms with Crippen LogP contribution in [0.2, 0.25) is 0 Å². The number of nitrogen functional groups attached to an aromatic ring is 1. The van der Waals surface area contributed by atoms with Gasteiger partial charge >= 0.3 is 0 Å². The molecule has 4 N–H and O–H groups in total. The van der Waals surface area contributed by atoms with Crippen LogP contribution in [0.3, 0.4) is 0 Å². The molecule has 5 nitrogen and oxygen atoms in total. The molecule has 0 bridgehead atoms. The van der Waals surface area contributed by atoms with Crippen molar-refractivity contribution in [2.75, 3.05) is 11.1 Å². The lowest BCUT2D eigenvalue weighted by Gasteiger charge is -2.11. The topological polar surface area (TPSA) is 88.2 Å². The van der Waals surface area contributed by atoms with Gasteiger partial charge in [-0.1, -0.05) is 48.2 Å². The van der Waals surface area contributed by atoms with Crippen molar-refractivity contribution in [3.05, 3.63) is 76.1 Å². The van der Waals surface area contributed by atoms with Crippen LogP contribution in [0.5, 0.6) is 0 Å². The molecule has 1 heterocycles. The number of hydrogen-bond acceptors (Lipinski definition) is 5. The fraction of sp³-hybridized carbons (Fsp3) is 0.304. The SMILES string of the molecule is [2H]c1sc(N)nc1CC(=O)Nc1c([2H])c([2H])c(C([2H])([2H])CCC[C@H](O)c2c([2H])c([2H])c([2H])c(C)c2[2H])c([2H])c1[2H]. The van der Waals surface area contributed by atoms with Gasteiger partial charge in [-0.25, -0.2) is 4.98 Å². The molecule has 0 saturated carbocycles. The fourth-order valence-electron chi connectivity index (χ4n) is 2.44. The highest BCUT2D eigenvalue weighted by Gasteiger charge is 2.08. The minimum atomic E-state index is -2.38. The standard InChI is InChI=1S/C23H27N3O2S/c1-16-5-4-7-18(13-16)21(27)8-3-2-6-17-9-11-19(12-10-17)25-22(28)14-20-15-29-23(24)26-20/h4-5,7,9-13,15,21,27H,2-3,6,8,14H2,1H3,(H2,24,26)(H,25,28)/t21-/m0/s1/i4D,5D,6D2,7D,9D,10D,11D,12D,13D,15D. The summed E-state index contributed by atoms with van der Waals surface area (Å²) >= 11 is 0.871. The molecule has 1 amide bonds. The van der Waals surface area contributed by atoms with Crippen LogP contribution in [0.1, 0.15) is 62.8 Å². The van der Waals surface area contributed by atoms with Gasteiger partial charge in [0, 0.05) is 13.8 Å². The zero-order valence-corrected chi connectivity index (χ0v) is 16.5. The first kappa shape index (κ1) is 10.9. The van der Waals surface area contributed by atoms with Gasteiger partial charge in [0.1, 0.15) is 0 Å². The second kappa shape index (κ2) is 10.2. The van der Waals surface area contributed by atoms with Gasteiger partial charge in [0.15, 0.2) is 5.13 Å². The lowest BCUT2D eigenvalue weighted by molar-refractivity contribution is -0.115. The predicted molar refractivity (Wildman–Crippen MR) is 119 cm³/mol. The van der Waals surface area contributed by atoms with E-state index in [4.69, 9.17) is 20.8 Å². The van der Waals surface area contributed by atoms with Gasteiger partial charge in [-0.15, -0.1) is 11.3 Å². The number of anilines is 2. The lowest BCUT2D eigenvalue weighted by Crippen LogP contribution is -2.14. The Morgan fingerprint density at radius 2 is 2.10 bits per heavy atom.